The van der Waals surface area contributed by atoms with Gasteiger partial charge >= 0.3 is 0 Å². The molecule has 1 aliphatic heterocycles. The van der Waals surface area contributed by atoms with Crippen LogP contribution < -0.4 is 21.3 Å². The molecule has 1 fully saturated rings. The third-order valence-corrected chi connectivity index (χ3v) is 4.52. The van der Waals surface area contributed by atoms with E-state index < -0.39 is 6.04 Å². The van der Waals surface area contributed by atoms with E-state index in [9.17, 15) is 9.59 Å². The van der Waals surface area contributed by atoms with Crippen LogP contribution >= 0.6 is 0 Å². The number of aromatic nitrogens is 1. The van der Waals surface area contributed by atoms with Crippen LogP contribution in [-0.4, -0.2) is 48.5 Å². The first-order chi connectivity index (χ1) is 11.9. The lowest BCUT2D eigenvalue weighted by atomic mass is 10.0. The number of aryl methyl sites for hydroxylation is 1. The van der Waals surface area contributed by atoms with Crippen LogP contribution in [-0.2, 0) is 9.59 Å². The Morgan fingerprint density at radius 1 is 1.32 bits per heavy atom. The number of nitrogens with zero attached hydrogens (tertiary/aromatic N) is 2. The third-order valence-electron chi connectivity index (χ3n) is 4.52. The Kier molecular flexibility index (Phi) is 6.75. The summed E-state index contributed by atoms with van der Waals surface area (Å²) in [4.78, 5) is 30.5. The normalized spacial score (nSPS) is 16.6. The van der Waals surface area contributed by atoms with E-state index >= 15 is 0 Å². The molecule has 2 heterocycles. The van der Waals surface area contributed by atoms with Crippen LogP contribution in [0.15, 0.2) is 18.3 Å². The number of hydrogen-bond donors (Lipinski definition) is 3. The van der Waals surface area contributed by atoms with E-state index in [2.05, 4.69) is 26.6 Å². The lowest BCUT2D eigenvalue weighted by molar-refractivity contribution is -0.127. The van der Waals surface area contributed by atoms with Gasteiger partial charge in [0.25, 0.3) is 0 Å². The van der Waals surface area contributed by atoms with Gasteiger partial charge in [0.15, 0.2) is 0 Å². The second-order valence-corrected chi connectivity index (χ2v) is 7.01. The van der Waals surface area contributed by atoms with E-state index in [4.69, 9.17) is 5.73 Å². The summed E-state index contributed by atoms with van der Waals surface area (Å²) in [5.74, 6) is 0.565. The first-order valence-corrected chi connectivity index (χ1v) is 8.87. The monoisotopic (exact) mass is 347 g/mol. The summed E-state index contributed by atoms with van der Waals surface area (Å²) in [7, 11) is 0. The molecule has 7 nitrogen and oxygen atoms in total. The average Bonchev–Trinajstić information content (AvgIpc) is 2.60. The lowest BCUT2D eigenvalue weighted by Gasteiger charge is -2.33. The number of rotatable bonds is 6. The van der Waals surface area contributed by atoms with Gasteiger partial charge in [-0.3, -0.25) is 9.59 Å². The van der Waals surface area contributed by atoms with Crippen LogP contribution in [0, 0.1) is 12.8 Å². The topological polar surface area (TPSA) is 100 Å². The fraction of sp³-hybridized carbons (Fsp3) is 0.611. The Hall–Kier alpha value is -2.15. The zero-order valence-corrected chi connectivity index (χ0v) is 15.3. The molecule has 1 aromatic heterocycles. The van der Waals surface area contributed by atoms with Crippen LogP contribution in [0.4, 0.5) is 5.82 Å². The van der Waals surface area contributed by atoms with Crippen molar-refractivity contribution in [2.75, 3.05) is 24.5 Å². The quantitative estimate of drug-likeness (QED) is 0.699. The Bertz CT molecular complexity index is 580. The van der Waals surface area contributed by atoms with Gasteiger partial charge in [0, 0.05) is 25.3 Å². The van der Waals surface area contributed by atoms with Gasteiger partial charge in [-0.2, -0.15) is 0 Å². The van der Waals surface area contributed by atoms with Crippen molar-refractivity contribution >= 4 is 17.6 Å². The molecule has 0 bridgehead atoms. The van der Waals surface area contributed by atoms with Crippen LogP contribution in [0.2, 0.25) is 0 Å². The molecule has 25 heavy (non-hydrogen) atoms. The number of nitrogens with two attached hydrogens (primary N) is 1. The van der Waals surface area contributed by atoms with Crippen molar-refractivity contribution in [2.24, 2.45) is 11.7 Å². The Balaban J connectivity index is 1.71. The predicted molar refractivity (Wildman–Crippen MR) is 98.2 cm³/mol. The molecule has 138 valence electrons. The number of carbonyl (C=O) groups excluding carboxylic acids is 2. The molecule has 0 radical (unpaired) electrons. The van der Waals surface area contributed by atoms with Gasteiger partial charge in [0.1, 0.15) is 5.82 Å². The molecule has 7 heteroatoms. The average molecular weight is 347 g/mol. The number of piperidine rings is 1. The fourth-order valence-electron chi connectivity index (χ4n) is 2.77. The van der Waals surface area contributed by atoms with Crippen molar-refractivity contribution in [1.82, 2.24) is 15.6 Å². The highest BCUT2D eigenvalue weighted by molar-refractivity contribution is 5.87. The van der Waals surface area contributed by atoms with Crippen molar-refractivity contribution in [3.05, 3.63) is 23.9 Å². The summed E-state index contributed by atoms with van der Waals surface area (Å²) >= 11 is 0. The van der Waals surface area contributed by atoms with E-state index in [-0.39, 0.29) is 30.3 Å². The summed E-state index contributed by atoms with van der Waals surface area (Å²) in [5, 5.41) is 5.58. The number of carbonyl (C=O) groups is 2. The van der Waals surface area contributed by atoms with Crippen LogP contribution in [0.3, 0.4) is 0 Å². The SMILES string of the molecule is Cc1ccc(N2CCC(NC(=O)CNC(=O)[C@@H](N)C(C)C)CC2)nc1. The van der Waals surface area contributed by atoms with Crippen LogP contribution in [0.25, 0.3) is 0 Å². The second kappa shape index (κ2) is 8.80. The van der Waals surface area contributed by atoms with Gasteiger partial charge in [-0.25, -0.2) is 4.98 Å². The molecular weight excluding hydrogens is 318 g/mol. The molecule has 2 rings (SSSR count). The van der Waals surface area contributed by atoms with Crippen molar-refractivity contribution in [1.29, 1.82) is 0 Å². The van der Waals surface area contributed by atoms with Gasteiger partial charge < -0.3 is 21.3 Å². The summed E-state index contributed by atoms with van der Waals surface area (Å²) in [6.07, 6.45) is 3.59. The molecule has 2 amide bonds. The molecule has 4 N–H and O–H groups in total. The second-order valence-electron chi connectivity index (χ2n) is 7.01. The Morgan fingerprint density at radius 2 is 2.00 bits per heavy atom. The largest absolute Gasteiger partial charge is 0.356 e. The van der Waals surface area contributed by atoms with Crippen LogP contribution in [0.1, 0.15) is 32.3 Å². The molecule has 0 saturated carbocycles. The first-order valence-electron chi connectivity index (χ1n) is 8.87. The molecule has 0 aliphatic carbocycles. The minimum atomic E-state index is -0.585. The molecule has 1 saturated heterocycles. The van der Waals surface area contributed by atoms with Crippen molar-refractivity contribution in [3.8, 4) is 0 Å². The predicted octanol–water partition coefficient (Wildman–Crippen LogP) is 0.575. The Morgan fingerprint density at radius 3 is 2.56 bits per heavy atom. The van der Waals surface area contributed by atoms with E-state index in [1.54, 1.807) is 0 Å². The summed E-state index contributed by atoms with van der Waals surface area (Å²) < 4.78 is 0. The van der Waals surface area contributed by atoms with E-state index in [0.29, 0.717) is 0 Å². The zero-order chi connectivity index (χ0) is 18.4. The fourth-order valence-corrected chi connectivity index (χ4v) is 2.77. The number of hydrogen-bond acceptors (Lipinski definition) is 5. The van der Waals surface area contributed by atoms with E-state index in [1.807, 2.05) is 33.0 Å². The standard InChI is InChI=1S/C18H29N5O2/c1-12(2)17(19)18(25)21-11-16(24)22-14-6-8-23(9-7-14)15-5-4-13(3)10-20-15/h4-5,10,12,14,17H,6-9,11,19H2,1-3H3,(H,21,25)(H,22,24)/t17-/m0/s1. The molecule has 0 unspecified atom stereocenters. The minimum absolute atomic E-state index is 0.0288. The van der Waals surface area contributed by atoms with Crippen molar-refractivity contribution in [3.63, 3.8) is 0 Å². The molecule has 0 spiro atoms. The summed E-state index contributed by atoms with van der Waals surface area (Å²) in [6, 6.07) is 3.63. The Labute approximate surface area is 149 Å². The zero-order valence-electron chi connectivity index (χ0n) is 15.3. The highest BCUT2D eigenvalue weighted by Gasteiger charge is 2.22. The summed E-state index contributed by atoms with van der Waals surface area (Å²) in [5.41, 5.74) is 6.90. The smallest absolute Gasteiger partial charge is 0.239 e. The minimum Gasteiger partial charge on any atom is -0.356 e. The molecule has 1 aliphatic rings. The first kappa shape index (κ1) is 19.2. The van der Waals surface area contributed by atoms with Gasteiger partial charge in [-0.1, -0.05) is 19.9 Å². The third kappa shape index (κ3) is 5.70. The summed E-state index contributed by atoms with van der Waals surface area (Å²) in [6.45, 7) is 7.45. The molecule has 1 atom stereocenters. The lowest BCUT2D eigenvalue weighted by Crippen LogP contribution is -2.50. The molecular formula is C18H29N5O2. The van der Waals surface area contributed by atoms with Gasteiger partial charge in [-0.15, -0.1) is 0 Å². The number of nitrogens with one attached hydrogen (secondary N) is 2. The number of anilines is 1. The molecule has 0 aromatic carbocycles. The van der Waals surface area contributed by atoms with Crippen molar-refractivity contribution in [2.45, 2.75) is 45.7 Å². The van der Waals surface area contributed by atoms with E-state index in [0.717, 1.165) is 37.3 Å². The van der Waals surface area contributed by atoms with Gasteiger partial charge in [0.2, 0.25) is 11.8 Å². The highest BCUT2D eigenvalue weighted by Crippen LogP contribution is 2.17. The van der Waals surface area contributed by atoms with Gasteiger partial charge in [0.05, 0.1) is 12.6 Å². The molecule has 1 aromatic rings. The van der Waals surface area contributed by atoms with Crippen LogP contribution in [0.5, 0.6) is 0 Å². The maximum atomic E-state index is 12.0. The van der Waals surface area contributed by atoms with Crippen molar-refractivity contribution < 1.29 is 9.59 Å². The maximum Gasteiger partial charge on any atom is 0.239 e. The number of pyridine rings is 1. The van der Waals surface area contributed by atoms with E-state index in [1.165, 1.54) is 0 Å². The van der Waals surface area contributed by atoms with Gasteiger partial charge in [-0.05, 0) is 37.3 Å². The highest BCUT2D eigenvalue weighted by atomic mass is 16.2. The number of amides is 2. The maximum absolute atomic E-state index is 12.0.